The summed E-state index contributed by atoms with van der Waals surface area (Å²) in [7, 11) is 0. The molecule has 0 N–H and O–H groups in total. The van der Waals surface area contributed by atoms with Crippen LogP contribution in [0.2, 0.25) is 0 Å². The van der Waals surface area contributed by atoms with E-state index in [4.69, 9.17) is 9.97 Å². The average Bonchev–Trinajstić information content (AvgIpc) is 3.92. The maximum Gasteiger partial charge on any atom is 0.235 e. The zero-order valence-corrected chi connectivity index (χ0v) is 37.5. The van der Waals surface area contributed by atoms with Gasteiger partial charge in [-0.15, -0.1) is 0 Å². The summed E-state index contributed by atoms with van der Waals surface area (Å²) in [4.78, 5) is 13.3. The number of rotatable bonds is 6. The molecule has 0 saturated carbocycles. The maximum absolute atomic E-state index is 5.39. The van der Waals surface area contributed by atoms with Crippen LogP contribution in [-0.2, 0) is 5.41 Å². The molecule has 4 nitrogen and oxygen atoms in total. The van der Waals surface area contributed by atoms with Crippen LogP contribution in [0.15, 0.2) is 255 Å². The molecule has 0 saturated heterocycles. The van der Waals surface area contributed by atoms with E-state index in [0.29, 0.717) is 5.95 Å². The first-order chi connectivity index (χ1) is 34.2. The minimum Gasteiger partial charge on any atom is -0.310 e. The van der Waals surface area contributed by atoms with E-state index in [-0.39, 0.29) is 0 Å². The number of fused-ring (bicyclic) bond motifs is 13. The van der Waals surface area contributed by atoms with E-state index >= 15 is 0 Å². The SMILES string of the molecule is c1ccc(-c2cc(-c3ccccc3)cc(N3c4ccccc4C4(c5ccccc5-c5c4ccc4c5c5ccccc5n4-c4nc(-c5ccccc5)cc(-c5ccccc5)n4)c4ccccc43)c2)cc1. The first kappa shape index (κ1) is 39.1. The van der Waals surface area contributed by atoms with Gasteiger partial charge in [0.25, 0.3) is 0 Å². The lowest BCUT2D eigenvalue weighted by Crippen LogP contribution is -2.36. The van der Waals surface area contributed by atoms with Crippen molar-refractivity contribution in [3.05, 3.63) is 277 Å². The van der Waals surface area contributed by atoms with Gasteiger partial charge in [0.1, 0.15) is 0 Å². The van der Waals surface area contributed by atoms with Crippen LogP contribution in [0, 0.1) is 0 Å². The van der Waals surface area contributed by atoms with Crippen molar-refractivity contribution in [2.75, 3.05) is 4.90 Å². The van der Waals surface area contributed by atoms with Gasteiger partial charge < -0.3 is 4.90 Å². The Balaban J connectivity index is 1.04. The Hall–Kier alpha value is -9.12. The third-order valence-electron chi connectivity index (χ3n) is 14.4. The predicted octanol–water partition coefficient (Wildman–Crippen LogP) is 16.4. The number of para-hydroxylation sites is 3. The number of aromatic nitrogens is 3. The van der Waals surface area contributed by atoms with E-state index < -0.39 is 5.41 Å². The lowest BCUT2D eigenvalue weighted by Gasteiger charge is -2.45. The molecule has 2 aromatic heterocycles. The number of anilines is 3. The largest absolute Gasteiger partial charge is 0.310 e. The Morgan fingerprint density at radius 1 is 0.333 bits per heavy atom. The quantitative estimate of drug-likeness (QED) is 0.167. The normalized spacial score (nSPS) is 13.0. The number of benzene rings is 10. The van der Waals surface area contributed by atoms with E-state index in [2.05, 4.69) is 252 Å². The van der Waals surface area contributed by atoms with E-state index in [1.54, 1.807) is 0 Å². The fourth-order valence-electron chi connectivity index (χ4n) is 11.5. The Bertz CT molecular complexity index is 3790. The summed E-state index contributed by atoms with van der Waals surface area (Å²) >= 11 is 0. The van der Waals surface area contributed by atoms with Gasteiger partial charge in [0.05, 0.1) is 39.2 Å². The topological polar surface area (TPSA) is 34.0 Å². The van der Waals surface area contributed by atoms with Crippen molar-refractivity contribution in [1.82, 2.24) is 14.5 Å². The Kier molecular flexibility index (Phi) is 8.77. The summed E-state index contributed by atoms with van der Waals surface area (Å²) in [6, 6.07) is 92.4. The standard InChI is InChI=1S/C65H42N4/c1-5-21-43(22-6-1)47-39-48(44-23-7-2-8-24-44)41-49(40-47)68-59-35-19-16-32-53(59)65(54-33-17-20-36-60(54)68)52-31-15-13-29-50(52)62-55(65)37-38-61-63(62)51-30-14-18-34-58(51)69(61)64-66-56(45-25-9-3-10-26-45)42-57(67-64)46-27-11-4-12-28-46/h1-42H. The summed E-state index contributed by atoms with van der Waals surface area (Å²) < 4.78 is 2.28. The van der Waals surface area contributed by atoms with E-state index in [1.807, 2.05) is 12.1 Å². The molecule has 0 bridgehead atoms. The van der Waals surface area contributed by atoms with Gasteiger partial charge in [-0.1, -0.05) is 206 Å². The zero-order valence-electron chi connectivity index (χ0n) is 37.5. The van der Waals surface area contributed by atoms with Gasteiger partial charge >= 0.3 is 0 Å². The highest BCUT2D eigenvalue weighted by atomic mass is 15.2. The van der Waals surface area contributed by atoms with E-state index in [0.717, 1.165) is 56.0 Å². The molecule has 0 atom stereocenters. The van der Waals surface area contributed by atoms with Gasteiger partial charge in [-0.3, -0.25) is 4.57 Å². The molecule has 0 radical (unpaired) electrons. The van der Waals surface area contributed by atoms with Crippen molar-refractivity contribution in [3.63, 3.8) is 0 Å². The molecular weight excluding hydrogens is 837 g/mol. The van der Waals surface area contributed by atoms with Crippen molar-refractivity contribution in [3.8, 4) is 61.8 Å². The second-order valence-corrected chi connectivity index (χ2v) is 18.1. The minimum absolute atomic E-state index is 0.628. The zero-order chi connectivity index (χ0) is 45.5. The van der Waals surface area contributed by atoms with Crippen molar-refractivity contribution >= 4 is 38.9 Å². The fourth-order valence-corrected chi connectivity index (χ4v) is 11.5. The van der Waals surface area contributed by atoms with Crippen LogP contribution in [-0.4, -0.2) is 14.5 Å². The van der Waals surface area contributed by atoms with Crippen molar-refractivity contribution in [1.29, 1.82) is 0 Å². The molecule has 4 heteroatoms. The molecule has 69 heavy (non-hydrogen) atoms. The van der Waals surface area contributed by atoms with Gasteiger partial charge in [-0.05, 0) is 104 Å². The van der Waals surface area contributed by atoms with Crippen LogP contribution in [0.5, 0.6) is 0 Å². The van der Waals surface area contributed by atoms with Crippen LogP contribution in [0.4, 0.5) is 17.1 Å². The maximum atomic E-state index is 5.39. The number of hydrogen-bond donors (Lipinski definition) is 0. The highest BCUT2D eigenvalue weighted by Gasteiger charge is 2.52. The molecule has 322 valence electrons. The van der Waals surface area contributed by atoms with Gasteiger partial charge in [0.15, 0.2) is 0 Å². The molecule has 0 amide bonds. The molecule has 1 aliphatic carbocycles. The molecular formula is C65H42N4. The molecule has 2 aliphatic rings. The Morgan fingerprint density at radius 2 is 0.812 bits per heavy atom. The second-order valence-electron chi connectivity index (χ2n) is 18.1. The fraction of sp³-hybridized carbons (Fsp3) is 0.0154. The number of nitrogens with zero attached hydrogens (tertiary/aromatic N) is 4. The molecule has 12 aromatic rings. The first-order valence-electron chi connectivity index (χ1n) is 23.7. The molecule has 10 aromatic carbocycles. The third kappa shape index (κ3) is 5.89. The van der Waals surface area contributed by atoms with Crippen LogP contribution < -0.4 is 4.90 Å². The second kappa shape index (κ2) is 15.5. The summed E-state index contributed by atoms with van der Waals surface area (Å²) in [5, 5.41) is 2.36. The Morgan fingerprint density at radius 3 is 1.39 bits per heavy atom. The summed E-state index contributed by atoms with van der Waals surface area (Å²) in [6.07, 6.45) is 0. The molecule has 1 spiro atoms. The van der Waals surface area contributed by atoms with Crippen molar-refractivity contribution in [2.45, 2.75) is 5.41 Å². The summed E-state index contributed by atoms with van der Waals surface area (Å²) in [5.41, 5.74) is 21.0. The van der Waals surface area contributed by atoms with Gasteiger partial charge in [0.2, 0.25) is 5.95 Å². The van der Waals surface area contributed by atoms with Crippen molar-refractivity contribution < 1.29 is 0 Å². The highest BCUT2D eigenvalue weighted by Crippen LogP contribution is 2.65. The lowest BCUT2D eigenvalue weighted by molar-refractivity contribution is 0.753. The lowest BCUT2D eigenvalue weighted by atomic mass is 9.64. The average molecular weight is 879 g/mol. The van der Waals surface area contributed by atoms with Gasteiger partial charge in [-0.25, -0.2) is 9.97 Å². The first-order valence-corrected chi connectivity index (χ1v) is 23.7. The van der Waals surface area contributed by atoms with E-state index in [9.17, 15) is 0 Å². The van der Waals surface area contributed by atoms with Crippen molar-refractivity contribution in [2.24, 2.45) is 0 Å². The van der Waals surface area contributed by atoms with Crippen LogP contribution in [0.25, 0.3) is 83.6 Å². The minimum atomic E-state index is -0.628. The van der Waals surface area contributed by atoms with Gasteiger partial charge in [0, 0.05) is 27.6 Å². The highest BCUT2D eigenvalue weighted by molar-refractivity contribution is 6.18. The van der Waals surface area contributed by atoms with Crippen LogP contribution in [0.3, 0.4) is 0 Å². The Labute approximate surface area is 400 Å². The van der Waals surface area contributed by atoms with Gasteiger partial charge in [-0.2, -0.15) is 0 Å². The predicted molar refractivity (Wildman–Crippen MR) is 284 cm³/mol. The molecule has 3 heterocycles. The molecule has 0 fully saturated rings. The monoisotopic (exact) mass is 878 g/mol. The molecule has 14 rings (SSSR count). The number of hydrogen-bond acceptors (Lipinski definition) is 3. The third-order valence-corrected chi connectivity index (χ3v) is 14.4. The van der Waals surface area contributed by atoms with E-state index in [1.165, 1.54) is 61.0 Å². The smallest absolute Gasteiger partial charge is 0.235 e. The van der Waals surface area contributed by atoms with Crippen LogP contribution >= 0.6 is 0 Å². The molecule has 1 aliphatic heterocycles. The van der Waals surface area contributed by atoms with Crippen LogP contribution in [0.1, 0.15) is 22.3 Å². The summed E-state index contributed by atoms with van der Waals surface area (Å²) in [5.74, 6) is 0.638. The summed E-state index contributed by atoms with van der Waals surface area (Å²) in [6.45, 7) is 0. The molecule has 0 unspecified atom stereocenters.